The Kier molecular flexibility index (Phi) is 5.53. The molecule has 3 rings (SSSR count). The van der Waals surface area contributed by atoms with Gasteiger partial charge in [-0.15, -0.1) is 11.8 Å². The van der Waals surface area contributed by atoms with Crippen molar-refractivity contribution in [3.63, 3.8) is 0 Å². The highest BCUT2D eigenvalue weighted by Gasteiger charge is 2.09. The maximum absolute atomic E-state index is 11.7. The van der Waals surface area contributed by atoms with E-state index in [2.05, 4.69) is 20.8 Å². The number of rotatable bonds is 6. The van der Waals surface area contributed by atoms with Crippen LogP contribution in [0.4, 0.5) is 0 Å². The Morgan fingerprint density at radius 2 is 1.96 bits per heavy atom. The Labute approximate surface area is 148 Å². The van der Waals surface area contributed by atoms with Gasteiger partial charge in [0.25, 0.3) is 5.91 Å². The normalized spacial score (nSPS) is 10.4. The van der Waals surface area contributed by atoms with Crippen LogP contribution in [0.5, 0.6) is 0 Å². The van der Waals surface area contributed by atoms with Gasteiger partial charge < -0.3 is 9.40 Å². The minimum Gasteiger partial charge on any atom is -0.444 e. The highest BCUT2D eigenvalue weighted by Crippen LogP contribution is 2.20. The summed E-state index contributed by atoms with van der Waals surface area (Å²) in [6.07, 6.45) is 3.22. The van der Waals surface area contributed by atoms with Crippen molar-refractivity contribution in [3.8, 4) is 11.5 Å². The lowest BCUT2D eigenvalue weighted by atomic mass is 10.2. The molecule has 25 heavy (non-hydrogen) atoms. The first kappa shape index (κ1) is 16.8. The molecular weight excluding hydrogens is 340 g/mol. The van der Waals surface area contributed by atoms with Crippen LogP contribution < -0.4 is 10.9 Å². The van der Waals surface area contributed by atoms with Crippen molar-refractivity contribution >= 4 is 23.6 Å². The zero-order valence-electron chi connectivity index (χ0n) is 13.2. The van der Waals surface area contributed by atoms with E-state index in [0.29, 0.717) is 17.3 Å². The van der Waals surface area contributed by atoms with Gasteiger partial charge in [-0.2, -0.15) is 0 Å². The fourth-order valence-electron chi connectivity index (χ4n) is 2.04. The van der Waals surface area contributed by atoms with Gasteiger partial charge in [-0.1, -0.05) is 18.2 Å². The number of hydrogen-bond donors (Lipinski definition) is 3. The van der Waals surface area contributed by atoms with E-state index in [0.717, 1.165) is 11.3 Å². The highest BCUT2D eigenvalue weighted by atomic mass is 32.2. The lowest BCUT2D eigenvalue weighted by Crippen LogP contribution is -2.42. The predicted octanol–water partition coefficient (Wildman–Crippen LogP) is 2.36. The van der Waals surface area contributed by atoms with Crippen molar-refractivity contribution in [1.29, 1.82) is 0 Å². The SMILES string of the molecule is O=C(CSCc1coc(-c2ccccc2)n1)NNC(=O)c1ccc[nH]1. The van der Waals surface area contributed by atoms with E-state index in [1.807, 2.05) is 30.3 Å². The number of H-pyrrole nitrogens is 1. The van der Waals surface area contributed by atoms with Gasteiger partial charge in [0, 0.05) is 17.5 Å². The molecule has 3 aromatic rings. The number of nitrogens with one attached hydrogen (secondary N) is 3. The van der Waals surface area contributed by atoms with Crippen LogP contribution in [-0.2, 0) is 10.5 Å². The summed E-state index contributed by atoms with van der Waals surface area (Å²) in [4.78, 5) is 30.5. The first-order valence-corrected chi connectivity index (χ1v) is 8.68. The Morgan fingerprint density at radius 1 is 1.12 bits per heavy atom. The van der Waals surface area contributed by atoms with Crippen LogP contribution in [0.15, 0.2) is 59.3 Å². The first-order valence-electron chi connectivity index (χ1n) is 7.52. The number of aromatic nitrogens is 2. The quantitative estimate of drug-likeness (QED) is 0.589. The second-order valence-electron chi connectivity index (χ2n) is 5.09. The van der Waals surface area contributed by atoms with Crippen LogP contribution >= 0.6 is 11.8 Å². The average Bonchev–Trinajstić information content (AvgIpc) is 3.32. The lowest BCUT2D eigenvalue weighted by Gasteiger charge is -2.05. The topological polar surface area (TPSA) is 100 Å². The molecule has 8 heteroatoms. The van der Waals surface area contributed by atoms with Crippen molar-refractivity contribution < 1.29 is 14.0 Å². The molecule has 0 aliphatic heterocycles. The Bertz CT molecular complexity index is 831. The number of benzene rings is 1. The molecule has 7 nitrogen and oxygen atoms in total. The fourth-order valence-corrected chi connectivity index (χ4v) is 2.74. The van der Waals surface area contributed by atoms with Gasteiger partial charge in [-0.25, -0.2) is 4.98 Å². The average molecular weight is 356 g/mol. The van der Waals surface area contributed by atoms with Crippen LogP contribution in [0, 0.1) is 0 Å². The number of amides is 2. The number of oxazole rings is 1. The molecule has 0 radical (unpaired) electrons. The van der Waals surface area contributed by atoms with Crippen molar-refractivity contribution in [3.05, 3.63) is 66.3 Å². The molecular formula is C17H16N4O3S. The van der Waals surface area contributed by atoms with Crippen LogP contribution in [0.1, 0.15) is 16.2 Å². The molecule has 2 amide bonds. The summed E-state index contributed by atoms with van der Waals surface area (Å²) in [7, 11) is 0. The third-order valence-corrected chi connectivity index (χ3v) is 4.18. The molecule has 0 fully saturated rings. The number of carbonyl (C=O) groups excluding carboxylic acids is 2. The summed E-state index contributed by atoms with van der Waals surface area (Å²) in [5.41, 5.74) is 6.75. The van der Waals surface area contributed by atoms with E-state index in [4.69, 9.17) is 4.42 Å². The molecule has 2 heterocycles. The van der Waals surface area contributed by atoms with Crippen LogP contribution in [-0.4, -0.2) is 27.5 Å². The van der Waals surface area contributed by atoms with Gasteiger partial charge in [0.1, 0.15) is 12.0 Å². The van der Waals surface area contributed by atoms with Crippen molar-refractivity contribution in [1.82, 2.24) is 20.8 Å². The summed E-state index contributed by atoms with van der Waals surface area (Å²) in [6, 6.07) is 12.9. The third kappa shape index (κ3) is 4.74. The smallest absolute Gasteiger partial charge is 0.286 e. The number of hydrazine groups is 1. The van der Waals surface area contributed by atoms with E-state index in [9.17, 15) is 9.59 Å². The molecule has 0 atom stereocenters. The largest absolute Gasteiger partial charge is 0.444 e. The maximum Gasteiger partial charge on any atom is 0.286 e. The monoisotopic (exact) mass is 356 g/mol. The van der Waals surface area contributed by atoms with Gasteiger partial charge in [-0.3, -0.25) is 20.4 Å². The lowest BCUT2D eigenvalue weighted by molar-refractivity contribution is -0.119. The number of nitrogens with zero attached hydrogens (tertiary/aromatic N) is 1. The number of carbonyl (C=O) groups is 2. The molecule has 0 saturated heterocycles. The van der Waals surface area contributed by atoms with Gasteiger partial charge >= 0.3 is 0 Å². The third-order valence-electron chi connectivity index (χ3n) is 3.21. The van der Waals surface area contributed by atoms with Crippen LogP contribution in [0.3, 0.4) is 0 Å². The number of thioether (sulfide) groups is 1. The minimum atomic E-state index is -0.396. The van der Waals surface area contributed by atoms with E-state index in [-0.39, 0.29) is 11.7 Å². The molecule has 0 aliphatic rings. The second-order valence-corrected chi connectivity index (χ2v) is 6.07. The zero-order valence-corrected chi connectivity index (χ0v) is 14.0. The van der Waals surface area contributed by atoms with Gasteiger partial charge in [0.05, 0.1) is 11.4 Å². The van der Waals surface area contributed by atoms with Crippen LogP contribution in [0.25, 0.3) is 11.5 Å². The summed E-state index contributed by atoms with van der Waals surface area (Å²) in [5, 5.41) is 0. The maximum atomic E-state index is 11.7. The van der Waals surface area contributed by atoms with E-state index < -0.39 is 5.91 Å². The zero-order chi connectivity index (χ0) is 17.5. The predicted molar refractivity (Wildman–Crippen MR) is 94.5 cm³/mol. The van der Waals surface area contributed by atoms with Gasteiger partial charge in [0.2, 0.25) is 11.8 Å². The molecule has 0 bridgehead atoms. The first-order chi connectivity index (χ1) is 12.2. The number of aromatic amines is 1. The van der Waals surface area contributed by atoms with Gasteiger partial charge in [0.15, 0.2) is 0 Å². The minimum absolute atomic E-state index is 0.193. The van der Waals surface area contributed by atoms with Crippen molar-refractivity contribution in [2.75, 3.05) is 5.75 Å². The van der Waals surface area contributed by atoms with Crippen molar-refractivity contribution in [2.24, 2.45) is 0 Å². The van der Waals surface area contributed by atoms with E-state index in [1.54, 1.807) is 24.6 Å². The Balaban J connectivity index is 1.40. The fraction of sp³-hybridized carbons (Fsp3) is 0.118. The Hall–Kier alpha value is -3.00. The molecule has 128 valence electrons. The summed E-state index contributed by atoms with van der Waals surface area (Å²) >= 11 is 1.38. The molecule has 3 N–H and O–H groups in total. The summed E-state index contributed by atoms with van der Waals surface area (Å²) in [5.74, 6) is 0.593. The second kappa shape index (κ2) is 8.20. The standard InChI is InChI=1S/C17H16N4O3S/c22-15(20-21-16(23)14-7-4-8-18-14)11-25-10-13-9-24-17(19-13)12-5-2-1-3-6-12/h1-9,18H,10-11H2,(H,20,22)(H,21,23). The molecule has 0 unspecified atom stereocenters. The van der Waals surface area contributed by atoms with E-state index in [1.165, 1.54) is 11.8 Å². The van der Waals surface area contributed by atoms with Crippen LogP contribution in [0.2, 0.25) is 0 Å². The highest BCUT2D eigenvalue weighted by molar-refractivity contribution is 7.99. The molecule has 0 aliphatic carbocycles. The Morgan fingerprint density at radius 3 is 2.72 bits per heavy atom. The molecule has 2 aromatic heterocycles. The number of hydrogen-bond acceptors (Lipinski definition) is 5. The van der Waals surface area contributed by atoms with Gasteiger partial charge in [-0.05, 0) is 24.3 Å². The molecule has 0 saturated carbocycles. The molecule has 0 spiro atoms. The summed E-state index contributed by atoms with van der Waals surface area (Å²) in [6.45, 7) is 0. The molecule has 1 aromatic carbocycles. The van der Waals surface area contributed by atoms with E-state index >= 15 is 0 Å². The van der Waals surface area contributed by atoms with Crippen molar-refractivity contribution in [2.45, 2.75) is 5.75 Å². The summed E-state index contributed by atoms with van der Waals surface area (Å²) < 4.78 is 5.44.